The number of hydrogen-bond donors (Lipinski definition) is 1. The molecule has 176 valence electrons. The van der Waals surface area contributed by atoms with Gasteiger partial charge in [-0.25, -0.2) is 8.78 Å². The monoisotopic (exact) mass is 454 g/mol. The summed E-state index contributed by atoms with van der Waals surface area (Å²) in [6.07, 6.45) is 5.44. The van der Waals surface area contributed by atoms with Gasteiger partial charge in [-0.3, -0.25) is 9.69 Å². The minimum absolute atomic E-state index is 0.0290. The maximum absolute atomic E-state index is 14.0. The molecule has 1 aliphatic heterocycles. The lowest BCUT2D eigenvalue weighted by Gasteiger charge is -2.41. The number of hydrogen-bond acceptors (Lipinski definition) is 3. The molecule has 1 amide bonds. The normalized spacial score (nSPS) is 27.1. The number of piperidine rings is 1. The predicted octanol–water partition coefficient (Wildman–Crippen LogP) is 4.63. The Morgan fingerprint density at radius 2 is 1.76 bits per heavy atom. The third-order valence-electron chi connectivity index (χ3n) is 8.02. The second-order valence-corrected chi connectivity index (χ2v) is 9.90. The highest BCUT2D eigenvalue weighted by Gasteiger charge is 2.58. The van der Waals surface area contributed by atoms with Crippen LogP contribution < -0.4 is 5.32 Å². The first-order chi connectivity index (χ1) is 16.0. The minimum atomic E-state index is -0.963. The quantitative estimate of drug-likeness (QED) is 0.663. The number of rotatable bonds is 7. The summed E-state index contributed by atoms with van der Waals surface area (Å²) >= 11 is 0. The van der Waals surface area contributed by atoms with Gasteiger partial charge >= 0.3 is 0 Å². The first-order valence-corrected chi connectivity index (χ1v) is 12.1. The van der Waals surface area contributed by atoms with Crippen LogP contribution in [0.4, 0.5) is 8.78 Å². The number of carbonyl (C=O) groups excluding carboxylic acids is 1. The van der Waals surface area contributed by atoms with E-state index < -0.39 is 17.2 Å². The Morgan fingerprint density at radius 1 is 1.06 bits per heavy atom. The molecular formula is C27H32F2N2O2. The van der Waals surface area contributed by atoms with Crippen LogP contribution in [0.25, 0.3) is 0 Å². The van der Waals surface area contributed by atoms with Gasteiger partial charge in [-0.05, 0) is 36.3 Å². The van der Waals surface area contributed by atoms with Gasteiger partial charge in [0.15, 0.2) is 5.60 Å². The van der Waals surface area contributed by atoms with Crippen molar-refractivity contribution >= 4 is 5.91 Å². The van der Waals surface area contributed by atoms with Crippen LogP contribution in [0.2, 0.25) is 0 Å². The second kappa shape index (κ2) is 9.15. The smallest absolute Gasteiger partial charge is 0.257 e. The number of benzene rings is 2. The molecule has 3 aliphatic rings. The van der Waals surface area contributed by atoms with Crippen LogP contribution in [-0.2, 0) is 21.7 Å². The van der Waals surface area contributed by atoms with Crippen molar-refractivity contribution in [1.82, 2.24) is 10.2 Å². The number of amides is 1. The Kier molecular flexibility index (Phi) is 6.23. The zero-order valence-electron chi connectivity index (χ0n) is 19.1. The van der Waals surface area contributed by atoms with Crippen molar-refractivity contribution in [2.75, 3.05) is 20.2 Å². The minimum Gasteiger partial charge on any atom is -0.363 e. The number of ether oxygens (including phenoxy) is 1. The first kappa shape index (κ1) is 22.5. The van der Waals surface area contributed by atoms with Gasteiger partial charge in [0.2, 0.25) is 0 Å². The van der Waals surface area contributed by atoms with Gasteiger partial charge in [-0.15, -0.1) is 0 Å². The van der Waals surface area contributed by atoms with E-state index in [0.717, 1.165) is 50.4 Å². The highest BCUT2D eigenvalue weighted by Crippen LogP contribution is 2.48. The second-order valence-electron chi connectivity index (χ2n) is 9.90. The number of carbonyl (C=O) groups is 1. The van der Waals surface area contributed by atoms with E-state index in [4.69, 9.17) is 4.74 Å². The SMILES string of the molecule is COC(C(=O)NC1C2CN(Cc3ccc(F)cc3F)CC21)(c1ccccc1)C1CCCCC1. The Bertz CT molecular complexity index is 983. The molecule has 3 unspecified atom stereocenters. The topological polar surface area (TPSA) is 41.6 Å². The maximum Gasteiger partial charge on any atom is 0.257 e. The van der Waals surface area contributed by atoms with Crippen LogP contribution in [-0.4, -0.2) is 37.0 Å². The molecule has 1 N–H and O–H groups in total. The molecule has 2 saturated carbocycles. The van der Waals surface area contributed by atoms with E-state index in [1.165, 1.54) is 18.6 Å². The van der Waals surface area contributed by atoms with E-state index in [9.17, 15) is 13.6 Å². The molecule has 3 fully saturated rings. The fourth-order valence-corrected chi connectivity index (χ4v) is 6.23. The molecule has 2 aromatic carbocycles. The molecular weight excluding hydrogens is 422 g/mol. The summed E-state index contributed by atoms with van der Waals surface area (Å²) < 4.78 is 33.3. The number of nitrogens with zero attached hydrogens (tertiary/aromatic N) is 1. The molecule has 1 heterocycles. The van der Waals surface area contributed by atoms with Gasteiger partial charge in [-0.2, -0.15) is 0 Å². The van der Waals surface area contributed by atoms with Crippen LogP contribution >= 0.6 is 0 Å². The summed E-state index contributed by atoms with van der Waals surface area (Å²) in [5.74, 6) is -0.181. The Morgan fingerprint density at radius 3 is 2.39 bits per heavy atom. The van der Waals surface area contributed by atoms with Gasteiger partial charge in [0, 0.05) is 50.3 Å². The number of nitrogens with one attached hydrogen (secondary N) is 1. The summed E-state index contributed by atoms with van der Waals surface area (Å²) in [5, 5.41) is 3.33. The molecule has 2 aromatic rings. The lowest BCUT2D eigenvalue weighted by molar-refractivity contribution is -0.155. The van der Waals surface area contributed by atoms with Crippen LogP contribution in [0.1, 0.15) is 43.2 Å². The summed E-state index contributed by atoms with van der Waals surface area (Å²) in [4.78, 5) is 16.0. The number of fused-ring (bicyclic) bond motifs is 1. The van der Waals surface area contributed by atoms with Crippen molar-refractivity contribution in [2.24, 2.45) is 17.8 Å². The van der Waals surface area contributed by atoms with Crippen molar-refractivity contribution in [2.45, 2.75) is 50.3 Å². The summed E-state index contributed by atoms with van der Waals surface area (Å²) in [6, 6.07) is 13.8. The largest absolute Gasteiger partial charge is 0.363 e. The fourth-order valence-electron chi connectivity index (χ4n) is 6.23. The van der Waals surface area contributed by atoms with E-state index in [1.807, 2.05) is 30.3 Å². The first-order valence-electron chi connectivity index (χ1n) is 12.1. The highest BCUT2D eigenvalue weighted by molar-refractivity contribution is 5.87. The Balaban J connectivity index is 1.26. The van der Waals surface area contributed by atoms with Crippen molar-refractivity contribution in [1.29, 1.82) is 0 Å². The molecule has 0 spiro atoms. The molecule has 5 rings (SSSR count). The van der Waals surface area contributed by atoms with Gasteiger partial charge < -0.3 is 10.1 Å². The lowest BCUT2D eigenvalue weighted by Crippen LogP contribution is -2.53. The summed E-state index contributed by atoms with van der Waals surface area (Å²) in [5.41, 5.74) is 0.476. The van der Waals surface area contributed by atoms with Crippen molar-refractivity contribution in [3.05, 3.63) is 71.3 Å². The van der Waals surface area contributed by atoms with Crippen LogP contribution in [0.3, 0.4) is 0 Å². The molecule has 33 heavy (non-hydrogen) atoms. The fraction of sp³-hybridized carbons (Fsp3) is 0.519. The van der Waals surface area contributed by atoms with Gasteiger partial charge in [0.05, 0.1) is 0 Å². The van der Waals surface area contributed by atoms with Gasteiger partial charge in [0.25, 0.3) is 5.91 Å². The van der Waals surface area contributed by atoms with Gasteiger partial charge in [0.1, 0.15) is 11.6 Å². The highest BCUT2D eigenvalue weighted by atomic mass is 19.1. The maximum atomic E-state index is 14.0. The van der Waals surface area contributed by atoms with Crippen molar-refractivity contribution < 1.29 is 18.3 Å². The zero-order valence-corrected chi connectivity index (χ0v) is 19.1. The standard InChI is InChI=1S/C27H32F2N2O2/c1-33-27(19-8-4-2-5-9-19,20-10-6-3-7-11-20)26(32)30-25-22-16-31(17-23(22)25)15-18-12-13-21(28)14-24(18)29/h2,4-5,8-9,12-14,20,22-23,25H,3,6-7,10-11,15-17H2,1H3,(H,30,32). The van der Waals surface area contributed by atoms with E-state index >= 15 is 0 Å². The Labute approximate surface area is 194 Å². The molecule has 3 atom stereocenters. The average molecular weight is 455 g/mol. The van der Waals surface area contributed by atoms with Crippen LogP contribution in [0.15, 0.2) is 48.5 Å². The molecule has 6 heteroatoms. The Hall–Kier alpha value is -2.31. The third-order valence-corrected chi connectivity index (χ3v) is 8.02. The van der Waals surface area contributed by atoms with E-state index in [0.29, 0.717) is 23.9 Å². The third kappa shape index (κ3) is 4.19. The molecule has 0 radical (unpaired) electrons. The van der Waals surface area contributed by atoms with Crippen molar-refractivity contribution in [3.8, 4) is 0 Å². The molecule has 4 nitrogen and oxygen atoms in total. The van der Waals surface area contributed by atoms with Crippen LogP contribution in [0.5, 0.6) is 0 Å². The van der Waals surface area contributed by atoms with E-state index in [1.54, 1.807) is 7.11 Å². The molecule has 0 aromatic heterocycles. The van der Waals surface area contributed by atoms with Crippen molar-refractivity contribution in [3.63, 3.8) is 0 Å². The predicted molar refractivity (Wildman–Crippen MR) is 122 cm³/mol. The molecule has 0 bridgehead atoms. The summed E-state index contributed by atoms with van der Waals surface area (Å²) in [6.45, 7) is 2.08. The van der Waals surface area contributed by atoms with E-state index in [-0.39, 0.29) is 17.9 Å². The number of halogens is 2. The molecule has 1 saturated heterocycles. The van der Waals surface area contributed by atoms with Gasteiger partial charge in [-0.1, -0.05) is 55.7 Å². The van der Waals surface area contributed by atoms with E-state index in [2.05, 4.69) is 10.2 Å². The number of likely N-dealkylation sites (tertiary alicyclic amines) is 1. The zero-order chi connectivity index (χ0) is 23.0. The lowest BCUT2D eigenvalue weighted by atomic mass is 9.72. The average Bonchev–Trinajstić information content (AvgIpc) is 3.26. The summed E-state index contributed by atoms with van der Waals surface area (Å²) in [7, 11) is 1.66. The molecule has 2 aliphatic carbocycles. The number of methoxy groups -OCH3 is 1. The van der Waals surface area contributed by atoms with Crippen LogP contribution in [0, 0.1) is 29.4 Å².